The van der Waals surface area contributed by atoms with Crippen molar-refractivity contribution in [2.24, 2.45) is 57.7 Å². The highest BCUT2D eigenvalue weighted by molar-refractivity contribution is 7.81. The van der Waals surface area contributed by atoms with Crippen LogP contribution < -0.4 is 0 Å². The van der Waals surface area contributed by atoms with Crippen LogP contribution in [0.1, 0.15) is 113 Å². The standard InChI is InChI=1S/C30H54O12S3/c1-8-28(4,5)19(3)10-9-18(2)21-11-12-22-20-15-25(40-43(31,32)33)24-16-26(41-44(34,35)36)27(42-45(37,38)39)17-30(24,7)23(20)13-14-29(21,22)6/h18-27H,8-17H2,1-7H3,(H,31,32,33)(H,34,35,36)(H,37,38,39)/t18-,19?,20?,21-,22?,23?,24-,25+,26+,27+,29-,30-/m1/s1. The van der Waals surface area contributed by atoms with Gasteiger partial charge in [0.25, 0.3) is 0 Å². The van der Waals surface area contributed by atoms with Crippen LogP contribution in [0.15, 0.2) is 0 Å². The third-order valence-electron chi connectivity index (χ3n) is 13.4. The van der Waals surface area contributed by atoms with Gasteiger partial charge in [-0.3, -0.25) is 13.7 Å². The molecule has 45 heavy (non-hydrogen) atoms. The third-order valence-corrected chi connectivity index (χ3v) is 14.9. The predicted octanol–water partition coefficient (Wildman–Crippen LogP) is 5.92. The lowest BCUT2D eigenvalue weighted by atomic mass is 9.43. The summed E-state index contributed by atoms with van der Waals surface area (Å²) >= 11 is 0. The van der Waals surface area contributed by atoms with E-state index >= 15 is 0 Å². The molecule has 3 N–H and O–H groups in total. The molecule has 4 unspecified atom stereocenters. The minimum Gasteiger partial charge on any atom is -0.264 e. The molecule has 12 atom stereocenters. The largest absolute Gasteiger partial charge is 0.397 e. The van der Waals surface area contributed by atoms with Crippen molar-refractivity contribution < 1.29 is 51.5 Å². The van der Waals surface area contributed by atoms with Crippen molar-refractivity contribution in [3.63, 3.8) is 0 Å². The van der Waals surface area contributed by atoms with E-state index in [0.29, 0.717) is 24.2 Å². The fourth-order valence-corrected chi connectivity index (χ4v) is 12.0. The second kappa shape index (κ2) is 12.8. The summed E-state index contributed by atoms with van der Waals surface area (Å²) in [7, 11) is -15.0. The van der Waals surface area contributed by atoms with Crippen LogP contribution in [0.5, 0.6) is 0 Å². The fourth-order valence-electron chi connectivity index (χ4n) is 10.5. The van der Waals surface area contributed by atoms with Crippen LogP contribution in [-0.2, 0) is 43.7 Å². The van der Waals surface area contributed by atoms with E-state index in [-0.39, 0.29) is 41.4 Å². The molecule has 4 aliphatic rings. The zero-order valence-corrected chi connectivity index (χ0v) is 30.0. The van der Waals surface area contributed by atoms with Crippen molar-refractivity contribution in [3.8, 4) is 0 Å². The first-order chi connectivity index (χ1) is 20.4. The molecule has 12 nitrogen and oxygen atoms in total. The summed E-state index contributed by atoms with van der Waals surface area (Å²) < 4.78 is 115. The van der Waals surface area contributed by atoms with Crippen LogP contribution >= 0.6 is 0 Å². The normalized spacial score (nSPS) is 40.7. The molecule has 0 heterocycles. The lowest BCUT2D eigenvalue weighted by molar-refractivity contribution is -0.184. The van der Waals surface area contributed by atoms with Crippen LogP contribution in [0.3, 0.4) is 0 Å². The fraction of sp³-hybridized carbons (Fsp3) is 1.00. The summed E-state index contributed by atoms with van der Waals surface area (Å²) in [5.74, 6) is 1.13. The van der Waals surface area contributed by atoms with E-state index in [1.165, 1.54) is 0 Å². The Morgan fingerprint density at radius 2 is 1.27 bits per heavy atom. The molecule has 0 radical (unpaired) electrons. The number of rotatable bonds is 12. The highest BCUT2D eigenvalue weighted by atomic mass is 32.3. The van der Waals surface area contributed by atoms with Crippen molar-refractivity contribution in [2.45, 2.75) is 131 Å². The molecule has 4 rings (SSSR count). The molecule has 0 aromatic heterocycles. The molecule has 4 aliphatic carbocycles. The molecular weight excluding hydrogens is 649 g/mol. The first-order valence-electron chi connectivity index (χ1n) is 16.4. The lowest BCUT2D eigenvalue weighted by Crippen LogP contribution is -2.62. The second-order valence-electron chi connectivity index (χ2n) is 15.9. The summed E-state index contributed by atoms with van der Waals surface area (Å²) in [4.78, 5) is 0. The van der Waals surface area contributed by atoms with E-state index in [9.17, 15) is 38.9 Å². The molecule has 4 saturated carbocycles. The SMILES string of the molecule is CCC(C)(C)C(C)CC[C@@H](C)[C@H]1CCC2C3C[C@H](OS(=O)(=O)O)[C@H]4C[C@H](OS(=O)(=O)O)[C@@H](OS(=O)(=O)O)C[C@]4(C)C3CC[C@@]21C. The Bertz CT molecular complexity index is 1400. The molecule has 264 valence electrons. The van der Waals surface area contributed by atoms with E-state index in [2.05, 4.69) is 41.5 Å². The Morgan fingerprint density at radius 1 is 0.733 bits per heavy atom. The van der Waals surface area contributed by atoms with E-state index in [4.69, 9.17) is 12.5 Å². The first-order valence-corrected chi connectivity index (χ1v) is 20.5. The minimum atomic E-state index is -5.07. The maximum Gasteiger partial charge on any atom is 0.397 e. The van der Waals surface area contributed by atoms with Crippen LogP contribution in [0.25, 0.3) is 0 Å². The maximum absolute atomic E-state index is 12.1. The summed E-state index contributed by atoms with van der Waals surface area (Å²) in [5, 5.41) is 0. The van der Waals surface area contributed by atoms with Crippen LogP contribution in [0.4, 0.5) is 0 Å². The number of hydrogen-bond donors (Lipinski definition) is 3. The smallest absolute Gasteiger partial charge is 0.264 e. The van der Waals surface area contributed by atoms with Crippen molar-refractivity contribution in [3.05, 3.63) is 0 Å². The molecule has 0 amide bonds. The highest BCUT2D eigenvalue weighted by Gasteiger charge is 2.65. The van der Waals surface area contributed by atoms with Gasteiger partial charge in [-0.15, -0.1) is 0 Å². The van der Waals surface area contributed by atoms with Gasteiger partial charge in [-0.05, 0) is 109 Å². The van der Waals surface area contributed by atoms with Crippen LogP contribution in [-0.4, -0.2) is 57.2 Å². The van der Waals surface area contributed by atoms with E-state index in [0.717, 1.165) is 44.9 Å². The van der Waals surface area contributed by atoms with Gasteiger partial charge in [0.1, 0.15) is 12.2 Å². The molecule has 0 spiro atoms. The Hall–Kier alpha value is -0.390. The molecule has 0 saturated heterocycles. The Labute approximate surface area is 270 Å². The molecule has 0 aromatic rings. The number of hydrogen-bond acceptors (Lipinski definition) is 9. The molecule has 0 aromatic carbocycles. The zero-order chi connectivity index (χ0) is 34.0. The van der Waals surface area contributed by atoms with Gasteiger partial charge in [0, 0.05) is 0 Å². The van der Waals surface area contributed by atoms with Crippen LogP contribution in [0, 0.1) is 57.7 Å². The zero-order valence-electron chi connectivity index (χ0n) is 27.6. The Kier molecular flexibility index (Phi) is 10.7. The minimum absolute atomic E-state index is 0.00248. The number of fused-ring (bicyclic) bond motifs is 5. The Morgan fingerprint density at radius 3 is 1.82 bits per heavy atom. The summed E-state index contributed by atoms with van der Waals surface area (Å²) in [6, 6.07) is 0. The second-order valence-corrected chi connectivity index (χ2v) is 19.0. The summed E-state index contributed by atoms with van der Waals surface area (Å²) in [5.41, 5.74) is -0.539. The van der Waals surface area contributed by atoms with Crippen molar-refractivity contribution in [2.75, 3.05) is 0 Å². The van der Waals surface area contributed by atoms with Crippen molar-refractivity contribution in [1.29, 1.82) is 0 Å². The van der Waals surface area contributed by atoms with Gasteiger partial charge < -0.3 is 0 Å². The maximum atomic E-state index is 12.1. The molecule has 4 fully saturated rings. The predicted molar refractivity (Wildman–Crippen MR) is 167 cm³/mol. The van der Waals surface area contributed by atoms with Crippen molar-refractivity contribution >= 4 is 31.2 Å². The van der Waals surface area contributed by atoms with Crippen molar-refractivity contribution in [1.82, 2.24) is 0 Å². The van der Waals surface area contributed by atoms with Gasteiger partial charge in [-0.2, -0.15) is 25.3 Å². The average Bonchev–Trinajstić information content (AvgIpc) is 3.23. The highest BCUT2D eigenvalue weighted by Crippen LogP contribution is 2.69. The summed E-state index contributed by atoms with van der Waals surface area (Å²) in [6.07, 6.45) is 3.06. The third kappa shape index (κ3) is 8.09. The monoisotopic (exact) mass is 702 g/mol. The first kappa shape index (κ1) is 37.4. The van der Waals surface area contributed by atoms with Gasteiger partial charge in [-0.25, -0.2) is 12.5 Å². The van der Waals surface area contributed by atoms with Gasteiger partial charge in [0.15, 0.2) is 0 Å². The lowest BCUT2D eigenvalue weighted by Gasteiger charge is -2.63. The van der Waals surface area contributed by atoms with Gasteiger partial charge in [0.05, 0.1) is 6.10 Å². The quantitative estimate of drug-likeness (QED) is 0.204. The summed E-state index contributed by atoms with van der Waals surface area (Å²) in [6.45, 7) is 15.8. The molecule has 15 heteroatoms. The average molecular weight is 703 g/mol. The van der Waals surface area contributed by atoms with Gasteiger partial charge >= 0.3 is 31.2 Å². The van der Waals surface area contributed by atoms with E-state index in [1.807, 2.05) is 6.92 Å². The molecule has 0 aliphatic heterocycles. The van der Waals surface area contributed by atoms with Gasteiger partial charge in [0.2, 0.25) is 0 Å². The topological polar surface area (TPSA) is 191 Å². The molecule has 0 bridgehead atoms. The van der Waals surface area contributed by atoms with Crippen LogP contribution in [0.2, 0.25) is 0 Å². The van der Waals surface area contributed by atoms with E-state index < -0.39 is 60.8 Å². The van der Waals surface area contributed by atoms with Gasteiger partial charge in [-0.1, -0.05) is 61.3 Å². The van der Waals surface area contributed by atoms with E-state index in [1.54, 1.807) is 0 Å². The molecular formula is C30H54O12S3. The Balaban J connectivity index is 1.65.